The standard InChI is InChI=1S/C17H18N4O/c1-2-8-18-17-19-10-14(11-20-17)16-15(21-12-22-16)9-13-6-4-3-5-7-13/h3-7,10-12H,2,8-9H2,1H3,(H,18,19,20). The molecular formula is C17H18N4O. The summed E-state index contributed by atoms with van der Waals surface area (Å²) in [5.74, 6) is 1.36. The molecule has 22 heavy (non-hydrogen) atoms. The Morgan fingerprint density at radius 3 is 2.55 bits per heavy atom. The minimum absolute atomic E-state index is 0.634. The van der Waals surface area contributed by atoms with E-state index < -0.39 is 0 Å². The van der Waals surface area contributed by atoms with E-state index in [1.54, 1.807) is 12.4 Å². The van der Waals surface area contributed by atoms with Gasteiger partial charge in [-0.2, -0.15) is 0 Å². The summed E-state index contributed by atoms with van der Waals surface area (Å²) in [6.07, 6.45) is 6.76. The molecule has 2 aromatic heterocycles. The SMILES string of the molecule is CCCNc1ncc(-c2ocnc2Cc2ccccc2)cn1. The first-order valence-corrected chi connectivity index (χ1v) is 7.39. The van der Waals surface area contributed by atoms with Crippen molar-refractivity contribution in [2.75, 3.05) is 11.9 Å². The van der Waals surface area contributed by atoms with E-state index in [0.717, 1.165) is 36.4 Å². The van der Waals surface area contributed by atoms with Crippen LogP contribution in [0, 0.1) is 0 Å². The highest BCUT2D eigenvalue weighted by Gasteiger charge is 2.12. The van der Waals surface area contributed by atoms with Crippen LogP contribution in [-0.4, -0.2) is 21.5 Å². The Labute approximate surface area is 129 Å². The summed E-state index contributed by atoms with van der Waals surface area (Å²) >= 11 is 0. The van der Waals surface area contributed by atoms with E-state index in [1.807, 2.05) is 18.2 Å². The number of anilines is 1. The van der Waals surface area contributed by atoms with Crippen LogP contribution in [-0.2, 0) is 6.42 Å². The average Bonchev–Trinajstić information content (AvgIpc) is 3.02. The number of nitrogens with one attached hydrogen (secondary N) is 1. The van der Waals surface area contributed by atoms with Gasteiger partial charge in [-0.3, -0.25) is 0 Å². The molecule has 0 radical (unpaired) electrons. The van der Waals surface area contributed by atoms with Crippen molar-refractivity contribution in [2.45, 2.75) is 19.8 Å². The third kappa shape index (κ3) is 3.31. The maximum atomic E-state index is 5.53. The molecule has 0 aliphatic carbocycles. The van der Waals surface area contributed by atoms with Gasteiger partial charge in [0.2, 0.25) is 5.95 Å². The topological polar surface area (TPSA) is 63.8 Å². The smallest absolute Gasteiger partial charge is 0.222 e. The Bertz CT molecular complexity index is 707. The monoisotopic (exact) mass is 294 g/mol. The van der Waals surface area contributed by atoms with Crippen LogP contribution in [0.2, 0.25) is 0 Å². The van der Waals surface area contributed by atoms with Gasteiger partial charge in [-0.25, -0.2) is 15.0 Å². The Morgan fingerprint density at radius 1 is 1.05 bits per heavy atom. The van der Waals surface area contributed by atoms with Crippen molar-refractivity contribution in [2.24, 2.45) is 0 Å². The largest absolute Gasteiger partial charge is 0.443 e. The second kappa shape index (κ2) is 6.85. The van der Waals surface area contributed by atoms with Crippen molar-refractivity contribution in [3.8, 4) is 11.3 Å². The van der Waals surface area contributed by atoms with Crippen LogP contribution in [0.25, 0.3) is 11.3 Å². The van der Waals surface area contributed by atoms with Crippen LogP contribution in [0.15, 0.2) is 53.5 Å². The molecule has 0 fully saturated rings. The second-order valence-electron chi connectivity index (χ2n) is 5.01. The Kier molecular flexibility index (Phi) is 4.44. The van der Waals surface area contributed by atoms with Gasteiger partial charge in [0.25, 0.3) is 0 Å². The Hall–Kier alpha value is -2.69. The van der Waals surface area contributed by atoms with Crippen LogP contribution in [0.1, 0.15) is 24.6 Å². The number of rotatable bonds is 6. The zero-order valence-corrected chi connectivity index (χ0v) is 12.5. The van der Waals surface area contributed by atoms with E-state index in [2.05, 4.69) is 39.3 Å². The maximum absolute atomic E-state index is 5.53. The van der Waals surface area contributed by atoms with Crippen molar-refractivity contribution in [3.63, 3.8) is 0 Å². The molecule has 3 rings (SSSR count). The molecule has 0 atom stereocenters. The van der Waals surface area contributed by atoms with E-state index in [9.17, 15) is 0 Å². The highest BCUT2D eigenvalue weighted by atomic mass is 16.3. The fourth-order valence-corrected chi connectivity index (χ4v) is 2.19. The summed E-state index contributed by atoms with van der Waals surface area (Å²) in [7, 11) is 0. The Morgan fingerprint density at radius 2 is 1.82 bits per heavy atom. The van der Waals surface area contributed by atoms with Gasteiger partial charge in [0.05, 0.1) is 11.3 Å². The van der Waals surface area contributed by atoms with E-state index in [-0.39, 0.29) is 0 Å². The molecule has 0 unspecified atom stereocenters. The van der Waals surface area contributed by atoms with Crippen LogP contribution in [0.3, 0.4) is 0 Å². The minimum atomic E-state index is 0.634. The van der Waals surface area contributed by atoms with Crippen LogP contribution in [0.4, 0.5) is 5.95 Å². The third-order valence-electron chi connectivity index (χ3n) is 3.30. The van der Waals surface area contributed by atoms with Crippen molar-refractivity contribution >= 4 is 5.95 Å². The lowest BCUT2D eigenvalue weighted by Gasteiger charge is -2.04. The van der Waals surface area contributed by atoms with Crippen LogP contribution >= 0.6 is 0 Å². The van der Waals surface area contributed by atoms with Gasteiger partial charge >= 0.3 is 0 Å². The van der Waals surface area contributed by atoms with E-state index in [0.29, 0.717) is 5.95 Å². The molecule has 0 bridgehead atoms. The molecule has 5 heteroatoms. The van der Waals surface area contributed by atoms with Gasteiger partial charge < -0.3 is 9.73 Å². The molecular weight excluding hydrogens is 276 g/mol. The van der Waals surface area contributed by atoms with Crippen molar-refractivity contribution in [3.05, 3.63) is 60.4 Å². The molecule has 0 saturated carbocycles. The first-order chi connectivity index (χ1) is 10.9. The van der Waals surface area contributed by atoms with Gasteiger partial charge in [-0.15, -0.1) is 0 Å². The first-order valence-electron chi connectivity index (χ1n) is 7.39. The van der Waals surface area contributed by atoms with Crippen molar-refractivity contribution in [1.29, 1.82) is 0 Å². The van der Waals surface area contributed by atoms with Crippen LogP contribution in [0.5, 0.6) is 0 Å². The molecule has 1 N–H and O–H groups in total. The molecule has 0 aliphatic heterocycles. The summed E-state index contributed by atoms with van der Waals surface area (Å²) in [6.45, 7) is 2.96. The molecule has 112 valence electrons. The predicted octanol–water partition coefficient (Wildman–Crippen LogP) is 3.54. The molecule has 3 aromatic rings. The summed E-state index contributed by atoms with van der Waals surface area (Å²) in [4.78, 5) is 12.9. The minimum Gasteiger partial charge on any atom is -0.443 e. The molecule has 0 saturated heterocycles. The Balaban J connectivity index is 1.79. The molecule has 2 heterocycles. The lowest BCUT2D eigenvalue weighted by Crippen LogP contribution is -2.03. The quantitative estimate of drug-likeness (QED) is 0.753. The lowest BCUT2D eigenvalue weighted by molar-refractivity contribution is 0.570. The van der Waals surface area contributed by atoms with Gasteiger partial charge in [0.15, 0.2) is 12.2 Å². The fourth-order valence-electron chi connectivity index (χ4n) is 2.19. The first kappa shape index (κ1) is 14.3. The zero-order chi connectivity index (χ0) is 15.2. The van der Waals surface area contributed by atoms with Crippen molar-refractivity contribution < 1.29 is 4.42 Å². The van der Waals surface area contributed by atoms with Gasteiger partial charge in [-0.05, 0) is 12.0 Å². The highest BCUT2D eigenvalue weighted by Crippen LogP contribution is 2.24. The molecule has 0 spiro atoms. The maximum Gasteiger partial charge on any atom is 0.222 e. The van der Waals surface area contributed by atoms with E-state index in [4.69, 9.17) is 4.42 Å². The highest BCUT2D eigenvalue weighted by molar-refractivity contribution is 5.58. The molecule has 1 aromatic carbocycles. The summed E-state index contributed by atoms with van der Waals surface area (Å²) in [5, 5.41) is 3.15. The number of hydrogen-bond acceptors (Lipinski definition) is 5. The number of hydrogen-bond donors (Lipinski definition) is 1. The zero-order valence-electron chi connectivity index (χ0n) is 12.5. The number of oxazole rings is 1. The third-order valence-corrected chi connectivity index (χ3v) is 3.30. The van der Waals surface area contributed by atoms with Crippen molar-refractivity contribution in [1.82, 2.24) is 15.0 Å². The fraction of sp³-hybridized carbons (Fsp3) is 0.235. The molecule has 0 aliphatic rings. The van der Waals surface area contributed by atoms with Gasteiger partial charge in [0.1, 0.15) is 0 Å². The molecule has 0 amide bonds. The number of aromatic nitrogens is 3. The van der Waals surface area contributed by atoms with Gasteiger partial charge in [0, 0.05) is 25.4 Å². The van der Waals surface area contributed by atoms with E-state index in [1.165, 1.54) is 12.0 Å². The number of nitrogens with zero attached hydrogens (tertiary/aromatic N) is 3. The van der Waals surface area contributed by atoms with E-state index >= 15 is 0 Å². The summed E-state index contributed by atoms with van der Waals surface area (Å²) < 4.78 is 5.53. The second-order valence-corrected chi connectivity index (χ2v) is 5.01. The number of benzene rings is 1. The average molecular weight is 294 g/mol. The summed E-state index contributed by atoms with van der Waals surface area (Å²) in [6, 6.07) is 10.2. The molecule has 5 nitrogen and oxygen atoms in total. The lowest BCUT2D eigenvalue weighted by atomic mass is 10.1. The summed E-state index contributed by atoms with van der Waals surface area (Å²) in [5.41, 5.74) is 2.93. The predicted molar refractivity (Wildman–Crippen MR) is 85.6 cm³/mol. The normalized spacial score (nSPS) is 10.6. The van der Waals surface area contributed by atoms with Gasteiger partial charge in [-0.1, -0.05) is 37.3 Å². The van der Waals surface area contributed by atoms with Crippen LogP contribution < -0.4 is 5.32 Å².